The molecule has 1 heterocycles. The van der Waals surface area contributed by atoms with E-state index in [4.69, 9.17) is 0 Å². The fourth-order valence-electron chi connectivity index (χ4n) is 4.55. The number of nitrogens with one attached hydrogen (secondary N) is 1. The summed E-state index contributed by atoms with van der Waals surface area (Å²) >= 11 is 0. The van der Waals surface area contributed by atoms with E-state index in [9.17, 15) is 9.18 Å². The molecule has 3 heteroatoms. The molecule has 0 amide bonds. The first-order chi connectivity index (χ1) is 12.5. The first kappa shape index (κ1) is 17.4. The topological polar surface area (TPSA) is 29.1 Å². The van der Waals surface area contributed by atoms with Gasteiger partial charge in [0.2, 0.25) is 0 Å². The van der Waals surface area contributed by atoms with E-state index in [1.54, 1.807) is 12.1 Å². The number of fused-ring (bicyclic) bond motifs is 6. The molecule has 0 saturated heterocycles. The highest BCUT2D eigenvalue weighted by Crippen LogP contribution is 2.42. The van der Waals surface area contributed by atoms with Crippen LogP contribution in [-0.2, 0) is 24.1 Å². The predicted molar refractivity (Wildman–Crippen MR) is 102 cm³/mol. The summed E-state index contributed by atoms with van der Waals surface area (Å²) in [6.07, 6.45) is 3.57. The SMILES string of the molecule is CCc1ccc2c(c1)C1NCC(=O)[C@@H](C)Cc3cc(F)cc(c3)C1CC2. The van der Waals surface area contributed by atoms with Crippen LogP contribution in [0, 0.1) is 11.7 Å². The lowest BCUT2D eigenvalue weighted by Crippen LogP contribution is -2.37. The van der Waals surface area contributed by atoms with Gasteiger partial charge >= 0.3 is 0 Å². The van der Waals surface area contributed by atoms with Gasteiger partial charge in [0.05, 0.1) is 6.54 Å². The fraction of sp³-hybridized carbons (Fsp3) is 0.435. The molecule has 0 saturated carbocycles. The fourth-order valence-corrected chi connectivity index (χ4v) is 4.55. The zero-order chi connectivity index (χ0) is 18.3. The molecule has 0 spiro atoms. The van der Waals surface area contributed by atoms with Gasteiger partial charge in [-0.05, 0) is 65.6 Å². The van der Waals surface area contributed by atoms with E-state index in [-0.39, 0.29) is 29.5 Å². The molecule has 1 N–H and O–H groups in total. The third kappa shape index (κ3) is 3.21. The molecule has 2 unspecified atom stereocenters. The van der Waals surface area contributed by atoms with E-state index in [1.165, 1.54) is 16.7 Å². The van der Waals surface area contributed by atoms with Gasteiger partial charge in [0.25, 0.3) is 0 Å². The number of carbonyl (C=O) groups excluding carboxylic acids is 1. The molecular weight excluding hydrogens is 325 g/mol. The quantitative estimate of drug-likeness (QED) is 0.819. The second-order valence-electron chi connectivity index (χ2n) is 7.85. The Morgan fingerprint density at radius 2 is 2.04 bits per heavy atom. The van der Waals surface area contributed by atoms with E-state index in [2.05, 4.69) is 36.5 Å². The summed E-state index contributed by atoms with van der Waals surface area (Å²) in [5, 5.41) is 3.54. The summed E-state index contributed by atoms with van der Waals surface area (Å²) < 4.78 is 14.3. The minimum Gasteiger partial charge on any atom is -0.303 e. The molecule has 4 rings (SSSR count). The third-order valence-electron chi connectivity index (χ3n) is 6.08. The van der Waals surface area contributed by atoms with Crippen LogP contribution in [0.15, 0.2) is 36.4 Å². The number of hydrogen-bond donors (Lipinski definition) is 1. The summed E-state index contributed by atoms with van der Waals surface area (Å²) in [5.41, 5.74) is 5.95. The maximum Gasteiger partial charge on any atom is 0.149 e. The van der Waals surface area contributed by atoms with Crippen molar-refractivity contribution in [1.82, 2.24) is 5.32 Å². The number of aryl methyl sites for hydroxylation is 2. The van der Waals surface area contributed by atoms with Gasteiger partial charge in [0.15, 0.2) is 0 Å². The Bertz CT molecular complexity index is 844. The van der Waals surface area contributed by atoms with E-state index < -0.39 is 0 Å². The van der Waals surface area contributed by atoms with Crippen LogP contribution in [0.25, 0.3) is 0 Å². The molecule has 0 aromatic heterocycles. The van der Waals surface area contributed by atoms with Crippen LogP contribution in [0.1, 0.15) is 60.0 Å². The number of rotatable bonds is 1. The number of carbonyl (C=O) groups is 1. The molecule has 0 fully saturated rings. The average Bonchev–Trinajstić information content (AvgIpc) is 2.64. The molecule has 2 bridgehead atoms. The third-order valence-corrected chi connectivity index (χ3v) is 6.08. The largest absolute Gasteiger partial charge is 0.303 e. The maximum atomic E-state index is 14.3. The van der Waals surface area contributed by atoms with E-state index in [0.717, 1.165) is 30.4 Å². The van der Waals surface area contributed by atoms with Gasteiger partial charge in [-0.15, -0.1) is 0 Å². The zero-order valence-corrected chi connectivity index (χ0v) is 15.5. The summed E-state index contributed by atoms with van der Waals surface area (Å²) in [7, 11) is 0. The molecule has 2 aromatic rings. The lowest BCUT2D eigenvalue weighted by Gasteiger charge is -2.36. The zero-order valence-electron chi connectivity index (χ0n) is 15.5. The van der Waals surface area contributed by atoms with Crippen molar-refractivity contribution in [1.29, 1.82) is 0 Å². The Kier molecular flexibility index (Phi) is 4.66. The van der Waals surface area contributed by atoms with Crippen molar-refractivity contribution in [3.63, 3.8) is 0 Å². The highest BCUT2D eigenvalue weighted by Gasteiger charge is 2.32. The van der Waals surface area contributed by atoms with E-state index in [1.807, 2.05) is 6.92 Å². The van der Waals surface area contributed by atoms with Crippen molar-refractivity contribution in [3.8, 4) is 0 Å². The standard InChI is InChI=1S/C23H26FNO/c1-3-15-4-5-17-6-7-20-18-9-16(10-19(24)12-18)8-14(2)22(26)13-25-23(20)21(17)11-15/h4-5,9-12,14,20,23,25H,3,6-8,13H2,1-2H3/t14-,20?,23?/m0/s1. The van der Waals surface area contributed by atoms with E-state index in [0.29, 0.717) is 13.0 Å². The highest BCUT2D eigenvalue weighted by atomic mass is 19.1. The van der Waals surface area contributed by atoms with Gasteiger partial charge in [-0.3, -0.25) is 4.79 Å². The number of halogens is 1. The molecule has 1 aliphatic heterocycles. The molecular formula is C23H26FNO. The molecule has 2 aliphatic rings. The lowest BCUT2D eigenvalue weighted by atomic mass is 9.74. The van der Waals surface area contributed by atoms with Crippen molar-refractivity contribution < 1.29 is 9.18 Å². The molecule has 2 aromatic carbocycles. The predicted octanol–water partition coefficient (Wildman–Crippen LogP) is 4.51. The Balaban J connectivity index is 1.83. The molecule has 0 radical (unpaired) electrons. The van der Waals surface area contributed by atoms with Crippen LogP contribution in [0.4, 0.5) is 4.39 Å². The van der Waals surface area contributed by atoms with Gasteiger partial charge in [-0.1, -0.05) is 38.1 Å². The molecule has 1 aliphatic carbocycles. The summed E-state index contributed by atoms with van der Waals surface area (Å²) in [6.45, 7) is 4.48. The van der Waals surface area contributed by atoms with Crippen molar-refractivity contribution >= 4 is 5.78 Å². The summed E-state index contributed by atoms with van der Waals surface area (Å²) in [4.78, 5) is 12.6. The van der Waals surface area contributed by atoms with Crippen molar-refractivity contribution in [3.05, 3.63) is 70.0 Å². The average molecular weight is 351 g/mol. The summed E-state index contributed by atoms with van der Waals surface area (Å²) in [5.74, 6) is 0.115. The molecule has 136 valence electrons. The van der Waals surface area contributed by atoms with Crippen LogP contribution in [0.5, 0.6) is 0 Å². The van der Waals surface area contributed by atoms with Crippen molar-refractivity contribution in [2.45, 2.75) is 51.5 Å². The van der Waals surface area contributed by atoms with Crippen molar-refractivity contribution in [2.75, 3.05) is 6.54 Å². The minimum absolute atomic E-state index is 0.0640. The molecule has 3 atom stereocenters. The second kappa shape index (κ2) is 6.96. The first-order valence-corrected chi connectivity index (χ1v) is 9.72. The minimum atomic E-state index is -0.190. The number of ketones is 1. The van der Waals surface area contributed by atoms with Crippen LogP contribution < -0.4 is 5.32 Å². The Hall–Kier alpha value is -2.00. The molecule has 26 heavy (non-hydrogen) atoms. The van der Waals surface area contributed by atoms with E-state index >= 15 is 0 Å². The lowest BCUT2D eigenvalue weighted by molar-refractivity contribution is -0.121. The van der Waals surface area contributed by atoms with Gasteiger partial charge in [0.1, 0.15) is 11.6 Å². The molecule has 2 nitrogen and oxygen atoms in total. The van der Waals surface area contributed by atoms with Gasteiger partial charge in [-0.25, -0.2) is 4.39 Å². The van der Waals surface area contributed by atoms with Gasteiger partial charge < -0.3 is 5.32 Å². The highest BCUT2D eigenvalue weighted by molar-refractivity contribution is 5.83. The first-order valence-electron chi connectivity index (χ1n) is 9.72. The van der Waals surface area contributed by atoms with Crippen LogP contribution >= 0.6 is 0 Å². The van der Waals surface area contributed by atoms with Gasteiger partial charge in [0, 0.05) is 17.9 Å². The number of benzene rings is 2. The van der Waals surface area contributed by atoms with Gasteiger partial charge in [-0.2, -0.15) is 0 Å². The smallest absolute Gasteiger partial charge is 0.149 e. The van der Waals surface area contributed by atoms with Crippen LogP contribution in [0.2, 0.25) is 0 Å². The van der Waals surface area contributed by atoms with Crippen molar-refractivity contribution in [2.24, 2.45) is 5.92 Å². The maximum absolute atomic E-state index is 14.3. The Morgan fingerprint density at radius 3 is 2.85 bits per heavy atom. The summed E-state index contributed by atoms with van der Waals surface area (Å²) in [6, 6.07) is 12.2. The van der Waals surface area contributed by atoms with Crippen LogP contribution in [-0.4, -0.2) is 12.3 Å². The second-order valence-corrected chi connectivity index (χ2v) is 7.85. The normalized spacial score (nSPS) is 25.3. The monoisotopic (exact) mass is 351 g/mol. The van der Waals surface area contributed by atoms with Crippen LogP contribution in [0.3, 0.4) is 0 Å². The Labute approximate surface area is 154 Å². The number of Topliss-reactive ketones (excluding diaryl/α,β-unsaturated/α-hetero) is 1. The number of hydrogen-bond acceptors (Lipinski definition) is 2. The Morgan fingerprint density at radius 1 is 1.19 bits per heavy atom.